The maximum absolute atomic E-state index is 12.5. The summed E-state index contributed by atoms with van der Waals surface area (Å²) in [7, 11) is 6.59. The van der Waals surface area contributed by atoms with Crippen molar-refractivity contribution in [3.63, 3.8) is 0 Å². The van der Waals surface area contributed by atoms with Gasteiger partial charge in [-0.15, -0.1) is 8.93 Å². The third kappa shape index (κ3) is 2.99. The molecule has 2 aliphatic rings. The van der Waals surface area contributed by atoms with Gasteiger partial charge in [0.1, 0.15) is 5.54 Å². The van der Waals surface area contributed by atoms with Crippen LogP contribution in [0.1, 0.15) is 12.8 Å². The Morgan fingerprint density at radius 2 is 1.90 bits per heavy atom. The van der Waals surface area contributed by atoms with E-state index in [1.54, 1.807) is 0 Å². The number of nitrogens with zero attached hydrogens (tertiary/aromatic N) is 2. The Morgan fingerprint density at radius 3 is 2.52 bits per heavy atom. The number of hydrogen-bond donors (Lipinski definition) is 1. The molecule has 21 heavy (non-hydrogen) atoms. The zero-order valence-electron chi connectivity index (χ0n) is 11.8. The normalized spacial score (nSPS) is 23.9. The molecule has 0 aromatic heterocycles. The van der Waals surface area contributed by atoms with E-state index in [0.717, 1.165) is 39.6 Å². The zero-order valence-corrected chi connectivity index (χ0v) is 16.0. The lowest BCUT2D eigenvalue weighted by Gasteiger charge is -2.44. The van der Waals surface area contributed by atoms with Crippen molar-refractivity contribution >= 4 is 44.9 Å². The Kier molecular flexibility index (Phi) is 5.15. The summed E-state index contributed by atoms with van der Waals surface area (Å²) in [6, 6.07) is 10.3. The van der Waals surface area contributed by atoms with Gasteiger partial charge in [0.05, 0.1) is 6.67 Å². The zero-order chi connectivity index (χ0) is 14.9. The van der Waals surface area contributed by atoms with Crippen molar-refractivity contribution in [2.75, 3.05) is 24.7 Å². The van der Waals surface area contributed by atoms with Gasteiger partial charge in [-0.1, -0.05) is 35.1 Å². The first-order valence-electron chi connectivity index (χ1n) is 7.04. The number of rotatable bonds is 3. The number of carbonyl (C=O) groups excluding carboxylic acids is 1. The third-order valence-electron chi connectivity index (χ3n) is 4.41. The SMILES string of the molecule is O=C1NCN(c2ccccc2)C12CCN(P(P)PP)CC2. The second-order valence-electron chi connectivity index (χ2n) is 5.39. The van der Waals surface area contributed by atoms with Crippen molar-refractivity contribution in [3.05, 3.63) is 30.3 Å². The third-order valence-corrected chi connectivity index (χ3v) is 14.7. The highest BCUT2D eigenvalue weighted by molar-refractivity contribution is 8.60. The van der Waals surface area contributed by atoms with E-state index >= 15 is 0 Å². The Bertz CT molecular complexity index is 507. The molecule has 1 aromatic carbocycles. The van der Waals surface area contributed by atoms with Crippen LogP contribution in [0.5, 0.6) is 0 Å². The first-order valence-corrected chi connectivity index (χ1v) is 13.6. The quantitative estimate of drug-likeness (QED) is 0.843. The van der Waals surface area contributed by atoms with Crippen LogP contribution in [0.15, 0.2) is 30.3 Å². The molecule has 2 fully saturated rings. The van der Waals surface area contributed by atoms with Gasteiger partial charge in [0.15, 0.2) is 0 Å². The van der Waals surface area contributed by atoms with Crippen molar-refractivity contribution < 1.29 is 4.79 Å². The van der Waals surface area contributed by atoms with E-state index in [1.165, 1.54) is 0 Å². The fourth-order valence-corrected chi connectivity index (χ4v) is 7.24. The monoisotopic (exact) mass is 359 g/mol. The molecule has 3 rings (SSSR count). The van der Waals surface area contributed by atoms with Gasteiger partial charge < -0.3 is 10.2 Å². The van der Waals surface area contributed by atoms with Gasteiger partial charge in [-0.05, 0) is 25.0 Å². The minimum absolute atomic E-state index is 0.120. The summed E-state index contributed by atoms with van der Waals surface area (Å²) in [5.74, 6) is 0.201. The lowest BCUT2D eigenvalue weighted by Crippen LogP contribution is -2.55. The molecule has 1 amide bonds. The van der Waals surface area contributed by atoms with Gasteiger partial charge in [-0.2, -0.15) is 0 Å². The molecule has 0 aliphatic carbocycles. The summed E-state index contributed by atoms with van der Waals surface area (Å²) in [5, 5.41) is 3.05. The van der Waals surface area contributed by atoms with Crippen LogP contribution in [0.3, 0.4) is 0 Å². The Labute approximate surface area is 133 Å². The van der Waals surface area contributed by atoms with Crippen LogP contribution < -0.4 is 10.2 Å². The second-order valence-corrected chi connectivity index (χ2v) is 14.4. The van der Waals surface area contributed by atoms with Crippen LogP contribution >= 0.6 is 33.3 Å². The number of benzene rings is 1. The standard InChI is InChI=1S/C13H21N3OP4/c17-12-13(6-8-15(9-7-13)21(19)20-18)16(10-14-12)11-4-2-1-3-5-11/h1-5,20H,6-10,18-19H2,(H,14,17). The molecule has 8 heteroatoms. The highest BCUT2D eigenvalue weighted by Crippen LogP contribution is 2.68. The summed E-state index contributed by atoms with van der Waals surface area (Å²) in [4.78, 5) is 14.8. The van der Waals surface area contributed by atoms with E-state index in [-0.39, 0.29) is 18.9 Å². The van der Waals surface area contributed by atoms with Crippen LogP contribution in [0.4, 0.5) is 5.69 Å². The first-order chi connectivity index (χ1) is 10.2. The van der Waals surface area contributed by atoms with Crippen molar-refractivity contribution in [1.82, 2.24) is 9.99 Å². The fourth-order valence-electron chi connectivity index (χ4n) is 3.19. The number of para-hydroxylation sites is 1. The van der Waals surface area contributed by atoms with Crippen LogP contribution in [0.2, 0.25) is 0 Å². The van der Waals surface area contributed by atoms with Gasteiger partial charge in [0, 0.05) is 26.2 Å². The van der Waals surface area contributed by atoms with E-state index < -0.39 is 0 Å². The maximum Gasteiger partial charge on any atom is 0.247 e. The van der Waals surface area contributed by atoms with Crippen LogP contribution in [-0.4, -0.2) is 35.9 Å². The van der Waals surface area contributed by atoms with Gasteiger partial charge in [-0.3, -0.25) is 9.46 Å². The second kappa shape index (κ2) is 6.74. The molecular formula is C13H21N3OP4. The van der Waals surface area contributed by atoms with Crippen LogP contribution in [-0.2, 0) is 4.79 Å². The van der Waals surface area contributed by atoms with E-state index in [1.807, 2.05) is 18.2 Å². The number of anilines is 1. The number of hydrogen-bond acceptors (Lipinski definition) is 3. The predicted octanol–water partition coefficient (Wildman–Crippen LogP) is 2.99. The van der Waals surface area contributed by atoms with Crippen molar-refractivity contribution in [1.29, 1.82) is 0 Å². The Hall–Kier alpha value is 0.170. The van der Waals surface area contributed by atoms with Crippen molar-refractivity contribution in [2.45, 2.75) is 18.4 Å². The van der Waals surface area contributed by atoms with E-state index in [0.29, 0.717) is 6.67 Å². The summed E-state index contributed by atoms with van der Waals surface area (Å²) in [6.45, 7) is 2.64. The molecule has 4 nitrogen and oxygen atoms in total. The Morgan fingerprint density at radius 1 is 1.24 bits per heavy atom. The lowest BCUT2D eigenvalue weighted by molar-refractivity contribution is -0.124. The largest absolute Gasteiger partial charge is 0.339 e. The molecule has 4 unspecified atom stereocenters. The molecular weight excluding hydrogens is 338 g/mol. The minimum Gasteiger partial charge on any atom is -0.339 e. The maximum atomic E-state index is 12.5. The molecule has 2 saturated heterocycles. The van der Waals surface area contributed by atoms with Gasteiger partial charge in [-0.25, -0.2) is 0 Å². The summed E-state index contributed by atoms with van der Waals surface area (Å²) < 4.78 is 2.53. The molecule has 1 N–H and O–H groups in total. The Balaban J connectivity index is 1.81. The van der Waals surface area contributed by atoms with E-state index in [2.05, 4.69) is 44.9 Å². The smallest absolute Gasteiger partial charge is 0.247 e. The summed E-state index contributed by atoms with van der Waals surface area (Å²) in [5.41, 5.74) is 0.799. The molecule has 0 radical (unpaired) electrons. The van der Waals surface area contributed by atoms with Crippen LogP contribution in [0.25, 0.3) is 0 Å². The average molecular weight is 359 g/mol. The average Bonchev–Trinajstić information content (AvgIpc) is 2.85. The molecule has 0 saturated carbocycles. The number of piperidine rings is 1. The molecule has 2 aliphatic heterocycles. The fraction of sp³-hybridized carbons (Fsp3) is 0.462. The number of carbonyl (C=O) groups is 1. The number of amides is 1. The lowest BCUT2D eigenvalue weighted by atomic mass is 9.86. The molecule has 4 atom stereocenters. The topological polar surface area (TPSA) is 35.6 Å². The van der Waals surface area contributed by atoms with Gasteiger partial charge >= 0.3 is 0 Å². The van der Waals surface area contributed by atoms with E-state index in [4.69, 9.17) is 0 Å². The molecule has 1 aromatic rings. The summed E-state index contributed by atoms with van der Waals surface area (Å²) in [6.07, 6.45) is 1.83. The number of nitrogens with one attached hydrogen (secondary N) is 1. The molecule has 114 valence electrons. The molecule has 0 bridgehead atoms. The van der Waals surface area contributed by atoms with E-state index in [9.17, 15) is 4.79 Å². The van der Waals surface area contributed by atoms with Gasteiger partial charge in [0.25, 0.3) is 0 Å². The minimum atomic E-state index is -0.345. The molecule has 1 spiro atoms. The van der Waals surface area contributed by atoms with Gasteiger partial charge in [0.2, 0.25) is 5.91 Å². The summed E-state index contributed by atoms with van der Waals surface area (Å²) >= 11 is 0. The first kappa shape index (κ1) is 16.0. The van der Waals surface area contributed by atoms with Crippen molar-refractivity contribution in [2.24, 2.45) is 0 Å². The highest BCUT2D eigenvalue weighted by atomic mass is 32.6. The highest BCUT2D eigenvalue weighted by Gasteiger charge is 2.50. The van der Waals surface area contributed by atoms with Crippen molar-refractivity contribution in [3.8, 4) is 0 Å². The predicted molar refractivity (Wildman–Crippen MR) is 100 cm³/mol. The van der Waals surface area contributed by atoms with Crippen LogP contribution in [0, 0.1) is 0 Å². The molecule has 2 heterocycles.